The number of benzene rings is 1. The molecule has 1 N–H and O–H groups in total. The summed E-state index contributed by atoms with van der Waals surface area (Å²) in [6, 6.07) is 8.22. The number of aryl methyl sites for hydroxylation is 2. The van der Waals surface area contributed by atoms with E-state index >= 15 is 0 Å². The van der Waals surface area contributed by atoms with Crippen LogP contribution in [0.25, 0.3) is 0 Å². The van der Waals surface area contributed by atoms with Crippen LogP contribution in [0, 0.1) is 13.8 Å². The molecule has 0 spiro atoms. The number of hydrogen-bond acceptors (Lipinski definition) is 3. The summed E-state index contributed by atoms with van der Waals surface area (Å²) in [7, 11) is -3.58. The first-order valence-electron chi connectivity index (χ1n) is 6.15. The minimum absolute atomic E-state index is 0.227. The molecule has 0 bridgehead atoms. The summed E-state index contributed by atoms with van der Waals surface area (Å²) < 4.78 is 33.4. The lowest BCUT2D eigenvalue weighted by atomic mass is 10.1. The molecule has 0 amide bonds. The molecule has 0 aliphatic heterocycles. The van der Waals surface area contributed by atoms with Crippen LogP contribution in [0.1, 0.15) is 30.0 Å². The standard InChI is InChI=1S/C14H16BrNO3S/c1-9-8-12(11(3)19-9)10(2)16-20(17,18)14-7-5-4-6-13(14)15/h4-8,10,16H,1-3H3. The Balaban J connectivity index is 2.29. The molecule has 2 aromatic rings. The van der Waals surface area contributed by atoms with Crippen LogP contribution in [0.15, 0.2) is 44.1 Å². The zero-order valence-electron chi connectivity index (χ0n) is 11.5. The number of furan rings is 1. The fourth-order valence-corrected chi connectivity index (χ4v) is 4.33. The van der Waals surface area contributed by atoms with Gasteiger partial charge in [0.2, 0.25) is 10.0 Å². The van der Waals surface area contributed by atoms with Gasteiger partial charge in [-0.1, -0.05) is 12.1 Å². The highest BCUT2D eigenvalue weighted by atomic mass is 79.9. The molecule has 0 aliphatic carbocycles. The van der Waals surface area contributed by atoms with Crippen LogP contribution in [0.2, 0.25) is 0 Å². The zero-order valence-corrected chi connectivity index (χ0v) is 13.9. The van der Waals surface area contributed by atoms with E-state index in [0.29, 0.717) is 4.47 Å². The highest BCUT2D eigenvalue weighted by molar-refractivity contribution is 9.10. The second-order valence-electron chi connectivity index (χ2n) is 4.64. The van der Waals surface area contributed by atoms with Gasteiger partial charge in [-0.25, -0.2) is 13.1 Å². The Bertz CT molecular complexity index is 722. The fourth-order valence-electron chi connectivity index (χ4n) is 2.10. The van der Waals surface area contributed by atoms with E-state index in [4.69, 9.17) is 4.42 Å². The Hall–Kier alpha value is -1.11. The van der Waals surface area contributed by atoms with Crippen molar-refractivity contribution in [3.8, 4) is 0 Å². The molecule has 0 saturated heterocycles. The average molecular weight is 358 g/mol. The Labute approximate surface area is 127 Å². The van der Waals surface area contributed by atoms with E-state index in [0.717, 1.165) is 17.1 Å². The Morgan fingerprint density at radius 3 is 2.45 bits per heavy atom. The number of hydrogen-bond donors (Lipinski definition) is 1. The van der Waals surface area contributed by atoms with Crippen LogP contribution in [0.5, 0.6) is 0 Å². The van der Waals surface area contributed by atoms with E-state index in [1.54, 1.807) is 31.2 Å². The molecule has 1 aromatic carbocycles. The van der Waals surface area contributed by atoms with Gasteiger partial charge in [0.15, 0.2) is 0 Å². The summed E-state index contributed by atoms with van der Waals surface area (Å²) in [4.78, 5) is 0.227. The maximum atomic E-state index is 12.4. The topological polar surface area (TPSA) is 59.3 Å². The van der Waals surface area contributed by atoms with E-state index in [1.807, 2.05) is 19.9 Å². The van der Waals surface area contributed by atoms with Crippen molar-refractivity contribution in [3.05, 3.63) is 51.9 Å². The normalized spacial score (nSPS) is 13.4. The number of rotatable bonds is 4. The van der Waals surface area contributed by atoms with Crippen molar-refractivity contribution in [1.29, 1.82) is 0 Å². The van der Waals surface area contributed by atoms with Gasteiger partial charge < -0.3 is 4.42 Å². The van der Waals surface area contributed by atoms with Crippen molar-refractivity contribution in [1.82, 2.24) is 4.72 Å². The third-order valence-electron chi connectivity index (χ3n) is 3.00. The molecular formula is C14H16BrNO3S. The van der Waals surface area contributed by atoms with Gasteiger partial charge in [0, 0.05) is 16.1 Å². The van der Waals surface area contributed by atoms with E-state index in [2.05, 4.69) is 20.7 Å². The highest BCUT2D eigenvalue weighted by Crippen LogP contribution is 2.26. The van der Waals surface area contributed by atoms with E-state index in [9.17, 15) is 8.42 Å². The van der Waals surface area contributed by atoms with E-state index < -0.39 is 10.0 Å². The largest absolute Gasteiger partial charge is 0.466 e. The van der Waals surface area contributed by atoms with Crippen molar-refractivity contribution in [2.24, 2.45) is 0 Å². The Morgan fingerprint density at radius 1 is 1.25 bits per heavy atom. The van der Waals surface area contributed by atoms with E-state index in [-0.39, 0.29) is 10.9 Å². The van der Waals surface area contributed by atoms with Gasteiger partial charge in [0.1, 0.15) is 11.5 Å². The van der Waals surface area contributed by atoms with Crippen LogP contribution < -0.4 is 4.72 Å². The molecule has 20 heavy (non-hydrogen) atoms. The van der Waals surface area contributed by atoms with Crippen LogP contribution in [0.3, 0.4) is 0 Å². The second kappa shape index (κ2) is 5.71. The summed E-state index contributed by atoms with van der Waals surface area (Å²) >= 11 is 3.26. The molecule has 1 atom stereocenters. The zero-order chi connectivity index (χ0) is 14.9. The Kier molecular flexibility index (Phi) is 4.36. The summed E-state index contributed by atoms with van der Waals surface area (Å²) in [5.74, 6) is 1.49. The molecule has 0 aliphatic rings. The van der Waals surface area contributed by atoms with E-state index in [1.165, 1.54) is 0 Å². The SMILES string of the molecule is Cc1cc(C(C)NS(=O)(=O)c2ccccc2Br)c(C)o1. The summed E-state index contributed by atoms with van der Waals surface area (Å²) in [5.41, 5.74) is 0.845. The van der Waals surface area contributed by atoms with Crippen LogP contribution >= 0.6 is 15.9 Å². The summed E-state index contributed by atoms with van der Waals surface area (Å²) in [5, 5.41) is 0. The molecule has 6 heteroatoms. The fraction of sp³-hybridized carbons (Fsp3) is 0.286. The molecule has 0 saturated carbocycles. The van der Waals surface area contributed by atoms with Crippen molar-refractivity contribution < 1.29 is 12.8 Å². The molecule has 1 unspecified atom stereocenters. The maximum absolute atomic E-state index is 12.4. The molecule has 2 rings (SSSR count). The Morgan fingerprint density at radius 2 is 1.90 bits per heavy atom. The minimum Gasteiger partial charge on any atom is -0.466 e. The average Bonchev–Trinajstić information content (AvgIpc) is 2.68. The van der Waals surface area contributed by atoms with Crippen LogP contribution in [-0.2, 0) is 10.0 Å². The van der Waals surface area contributed by atoms with Crippen LogP contribution in [-0.4, -0.2) is 8.42 Å². The molecule has 1 heterocycles. The van der Waals surface area contributed by atoms with Crippen molar-refractivity contribution in [2.75, 3.05) is 0 Å². The second-order valence-corrected chi connectivity index (χ2v) is 7.18. The molecular weight excluding hydrogens is 342 g/mol. The van der Waals surface area contributed by atoms with Crippen molar-refractivity contribution in [3.63, 3.8) is 0 Å². The third-order valence-corrected chi connectivity index (χ3v) is 5.56. The van der Waals surface area contributed by atoms with Gasteiger partial charge in [-0.05, 0) is 54.9 Å². The molecule has 108 valence electrons. The highest BCUT2D eigenvalue weighted by Gasteiger charge is 2.22. The van der Waals surface area contributed by atoms with Gasteiger partial charge in [0.05, 0.1) is 4.90 Å². The first-order chi connectivity index (χ1) is 9.31. The van der Waals surface area contributed by atoms with Gasteiger partial charge in [-0.2, -0.15) is 0 Å². The van der Waals surface area contributed by atoms with Crippen LogP contribution in [0.4, 0.5) is 0 Å². The van der Waals surface area contributed by atoms with Gasteiger partial charge in [-0.15, -0.1) is 0 Å². The monoisotopic (exact) mass is 357 g/mol. The lowest BCUT2D eigenvalue weighted by molar-refractivity contribution is 0.496. The van der Waals surface area contributed by atoms with Gasteiger partial charge in [0.25, 0.3) is 0 Å². The first kappa shape index (κ1) is 15.3. The lowest BCUT2D eigenvalue weighted by Gasteiger charge is -2.14. The molecule has 4 nitrogen and oxygen atoms in total. The maximum Gasteiger partial charge on any atom is 0.242 e. The van der Waals surface area contributed by atoms with Gasteiger partial charge in [-0.3, -0.25) is 0 Å². The molecule has 1 aromatic heterocycles. The molecule has 0 radical (unpaired) electrons. The summed E-state index contributed by atoms with van der Waals surface area (Å²) in [6.45, 7) is 5.46. The predicted molar refractivity (Wildman–Crippen MR) is 81.1 cm³/mol. The smallest absolute Gasteiger partial charge is 0.242 e. The quantitative estimate of drug-likeness (QED) is 0.907. The summed E-state index contributed by atoms with van der Waals surface area (Å²) in [6.07, 6.45) is 0. The number of sulfonamides is 1. The van der Waals surface area contributed by atoms with Crippen molar-refractivity contribution >= 4 is 26.0 Å². The van der Waals surface area contributed by atoms with Crippen molar-refractivity contribution in [2.45, 2.75) is 31.7 Å². The third kappa shape index (κ3) is 3.13. The lowest BCUT2D eigenvalue weighted by Crippen LogP contribution is -2.27. The number of halogens is 1. The molecule has 0 fully saturated rings. The van der Waals surface area contributed by atoms with Gasteiger partial charge >= 0.3 is 0 Å². The first-order valence-corrected chi connectivity index (χ1v) is 8.42. The predicted octanol–water partition coefficient (Wildman–Crippen LogP) is 3.70. The number of nitrogens with one attached hydrogen (secondary N) is 1. The minimum atomic E-state index is -3.58.